The van der Waals surface area contributed by atoms with E-state index in [4.69, 9.17) is 21.4 Å². The van der Waals surface area contributed by atoms with Gasteiger partial charge in [0, 0.05) is 35.3 Å². The first-order chi connectivity index (χ1) is 17.4. The van der Waals surface area contributed by atoms with Gasteiger partial charge in [0.1, 0.15) is 35.0 Å². The summed E-state index contributed by atoms with van der Waals surface area (Å²) in [4.78, 5) is 11.3. The Morgan fingerprint density at radius 3 is 2.97 bits per heavy atom. The number of hydrogen-bond donors (Lipinski definition) is 1. The fourth-order valence-electron chi connectivity index (χ4n) is 4.40. The van der Waals surface area contributed by atoms with Crippen molar-refractivity contribution in [2.75, 3.05) is 11.9 Å². The number of alkyl halides is 1. The van der Waals surface area contributed by atoms with Gasteiger partial charge in [-0.25, -0.2) is 14.4 Å². The molecule has 3 aromatic heterocycles. The monoisotopic (exact) mass is 523 g/mol. The first-order valence-corrected chi connectivity index (χ1v) is 13.1. The normalized spacial score (nSPS) is 14.4. The molecule has 186 valence electrons. The van der Waals surface area contributed by atoms with E-state index in [0.29, 0.717) is 10.8 Å². The molecule has 0 saturated heterocycles. The van der Waals surface area contributed by atoms with Crippen molar-refractivity contribution >= 4 is 44.7 Å². The zero-order chi connectivity index (χ0) is 25.3. The number of fused-ring (bicyclic) bond motifs is 5. The number of benzene rings is 1. The quantitative estimate of drug-likeness (QED) is 0.233. The SMILES string of the molecule is C=CCC(C)(F)/C=C/COc1ccc(Nc2ncnc3sc4c(c23)CCc2nn(CC)cc2-4)cc1Cl. The molecule has 9 heteroatoms. The molecule has 0 saturated carbocycles. The summed E-state index contributed by atoms with van der Waals surface area (Å²) in [6.45, 7) is 8.25. The molecule has 0 spiro atoms. The molecule has 0 bridgehead atoms. The molecule has 1 aliphatic rings. The molecule has 36 heavy (non-hydrogen) atoms. The number of aromatic nitrogens is 4. The van der Waals surface area contributed by atoms with E-state index < -0.39 is 5.67 Å². The molecular formula is C27H27ClFN5OS. The highest BCUT2D eigenvalue weighted by atomic mass is 35.5. The molecule has 1 N–H and O–H groups in total. The van der Waals surface area contributed by atoms with Gasteiger partial charge in [0.05, 0.1) is 16.1 Å². The van der Waals surface area contributed by atoms with Crippen LogP contribution in [0.2, 0.25) is 5.02 Å². The van der Waals surface area contributed by atoms with Crippen LogP contribution in [0.3, 0.4) is 0 Å². The maximum atomic E-state index is 14.2. The van der Waals surface area contributed by atoms with E-state index >= 15 is 0 Å². The minimum atomic E-state index is -1.44. The highest BCUT2D eigenvalue weighted by Gasteiger charge is 2.26. The van der Waals surface area contributed by atoms with Gasteiger partial charge in [-0.2, -0.15) is 5.10 Å². The van der Waals surface area contributed by atoms with Crippen LogP contribution < -0.4 is 10.1 Å². The maximum Gasteiger partial charge on any atom is 0.142 e. The smallest absolute Gasteiger partial charge is 0.142 e. The Balaban J connectivity index is 1.36. The molecule has 4 aromatic rings. The summed E-state index contributed by atoms with van der Waals surface area (Å²) in [7, 11) is 0. The minimum Gasteiger partial charge on any atom is -0.488 e. The number of rotatable bonds is 9. The van der Waals surface area contributed by atoms with E-state index in [0.717, 1.165) is 46.8 Å². The molecule has 6 nitrogen and oxygen atoms in total. The summed E-state index contributed by atoms with van der Waals surface area (Å²) in [5.41, 5.74) is 2.95. The molecule has 0 fully saturated rings. The number of nitrogens with one attached hydrogen (secondary N) is 1. The third kappa shape index (κ3) is 4.88. The molecule has 1 aliphatic carbocycles. The van der Waals surface area contributed by atoms with Crippen molar-refractivity contribution in [3.8, 4) is 16.2 Å². The number of thiophene rings is 1. The topological polar surface area (TPSA) is 64.9 Å². The standard InChI is InChI=1S/C27H27ClFN5OS/c1-4-11-27(3,29)12-6-13-35-22-10-7-17(14-20(22)28)32-25-23-18-8-9-21-19(15-34(5-2)33-21)24(18)36-26(23)31-16-30-25/h4,6-7,10,12,14-16H,1,5,8-9,11,13H2,2-3H3,(H,30,31,32)/b12-6+. The summed E-state index contributed by atoms with van der Waals surface area (Å²) in [6, 6.07) is 5.48. The highest BCUT2D eigenvalue weighted by Crippen LogP contribution is 2.45. The van der Waals surface area contributed by atoms with Crippen LogP contribution in [-0.4, -0.2) is 32.0 Å². The van der Waals surface area contributed by atoms with Crippen LogP contribution in [0.4, 0.5) is 15.9 Å². The van der Waals surface area contributed by atoms with Gasteiger partial charge >= 0.3 is 0 Å². The van der Waals surface area contributed by atoms with Crippen molar-refractivity contribution in [1.82, 2.24) is 19.7 Å². The molecule has 3 heterocycles. The fraction of sp³-hybridized carbons (Fsp3) is 0.296. The average molecular weight is 524 g/mol. The molecule has 0 radical (unpaired) electrons. The zero-order valence-corrected chi connectivity index (χ0v) is 21.8. The van der Waals surface area contributed by atoms with Crippen LogP contribution in [0, 0.1) is 0 Å². The van der Waals surface area contributed by atoms with E-state index in [-0.39, 0.29) is 13.0 Å². The van der Waals surface area contributed by atoms with Crippen LogP contribution in [0.15, 0.2) is 55.5 Å². The Morgan fingerprint density at radius 2 is 2.19 bits per heavy atom. The van der Waals surface area contributed by atoms with E-state index in [1.54, 1.807) is 41.9 Å². The third-order valence-electron chi connectivity index (χ3n) is 6.14. The van der Waals surface area contributed by atoms with E-state index in [1.165, 1.54) is 29.0 Å². The van der Waals surface area contributed by atoms with Crippen LogP contribution in [0.5, 0.6) is 5.75 Å². The lowest BCUT2D eigenvalue weighted by atomic mass is 9.95. The highest BCUT2D eigenvalue weighted by molar-refractivity contribution is 7.22. The molecule has 1 aromatic carbocycles. The lowest BCUT2D eigenvalue weighted by Crippen LogP contribution is -2.12. The first kappa shape index (κ1) is 24.5. The predicted molar refractivity (Wildman–Crippen MR) is 145 cm³/mol. The van der Waals surface area contributed by atoms with Gasteiger partial charge in [0.2, 0.25) is 0 Å². The van der Waals surface area contributed by atoms with Crippen LogP contribution in [0.1, 0.15) is 31.5 Å². The number of halogens is 2. The Labute approximate surface area is 218 Å². The second-order valence-corrected chi connectivity index (χ2v) is 10.3. The summed E-state index contributed by atoms with van der Waals surface area (Å²) >= 11 is 8.17. The van der Waals surface area contributed by atoms with Crippen molar-refractivity contribution in [3.63, 3.8) is 0 Å². The Morgan fingerprint density at radius 1 is 1.33 bits per heavy atom. The second kappa shape index (κ2) is 10.0. The van der Waals surface area contributed by atoms with Gasteiger partial charge in [0.15, 0.2) is 0 Å². The lowest BCUT2D eigenvalue weighted by molar-refractivity contribution is 0.259. The van der Waals surface area contributed by atoms with Crippen LogP contribution >= 0.6 is 22.9 Å². The Bertz CT molecular complexity index is 1460. The first-order valence-electron chi connectivity index (χ1n) is 11.9. The summed E-state index contributed by atoms with van der Waals surface area (Å²) in [6.07, 6.45) is 10.5. The summed E-state index contributed by atoms with van der Waals surface area (Å²) in [5.74, 6) is 1.28. The number of aryl methyl sites for hydroxylation is 3. The number of allylic oxidation sites excluding steroid dienone is 2. The molecule has 5 rings (SSSR count). The fourth-order valence-corrected chi connectivity index (χ4v) is 5.85. The summed E-state index contributed by atoms with van der Waals surface area (Å²) < 4.78 is 21.9. The summed E-state index contributed by atoms with van der Waals surface area (Å²) in [5, 5.41) is 9.63. The van der Waals surface area contributed by atoms with Crippen molar-refractivity contribution in [1.29, 1.82) is 0 Å². The third-order valence-corrected chi connectivity index (χ3v) is 7.61. The number of nitrogens with zero attached hydrogens (tertiary/aromatic N) is 4. The van der Waals surface area contributed by atoms with Crippen molar-refractivity contribution < 1.29 is 9.13 Å². The average Bonchev–Trinajstić information content (AvgIpc) is 3.44. The van der Waals surface area contributed by atoms with Gasteiger partial charge < -0.3 is 10.1 Å². The second-order valence-electron chi connectivity index (χ2n) is 8.91. The van der Waals surface area contributed by atoms with E-state index in [1.807, 2.05) is 10.7 Å². The predicted octanol–water partition coefficient (Wildman–Crippen LogP) is 7.31. The van der Waals surface area contributed by atoms with Gasteiger partial charge in [0.25, 0.3) is 0 Å². The van der Waals surface area contributed by atoms with Gasteiger partial charge in [-0.15, -0.1) is 17.9 Å². The molecule has 0 aliphatic heterocycles. The Kier molecular flexibility index (Phi) is 6.81. The number of anilines is 2. The maximum absolute atomic E-state index is 14.2. The molecule has 0 amide bonds. The van der Waals surface area contributed by atoms with E-state index in [9.17, 15) is 4.39 Å². The number of hydrogen-bond acceptors (Lipinski definition) is 6. The number of ether oxygens (including phenoxy) is 1. The van der Waals surface area contributed by atoms with Gasteiger partial charge in [-0.3, -0.25) is 4.68 Å². The Hall–Kier alpha value is -3.23. The van der Waals surface area contributed by atoms with Crippen LogP contribution in [-0.2, 0) is 19.4 Å². The van der Waals surface area contributed by atoms with Gasteiger partial charge in [-0.1, -0.05) is 17.7 Å². The van der Waals surface area contributed by atoms with Crippen molar-refractivity contribution in [2.24, 2.45) is 0 Å². The lowest BCUT2D eigenvalue weighted by Gasteiger charge is -2.14. The van der Waals surface area contributed by atoms with E-state index in [2.05, 4.69) is 35.0 Å². The minimum absolute atomic E-state index is 0.216. The molecule has 1 atom stereocenters. The molecule has 1 unspecified atom stereocenters. The zero-order valence-electron chi connectivity index (χ0n) is 20.2. The van der Waals surface area contributed by atoms with Gasteiger partial charge in [-0.05, 0) is 62.6 Å². The van der Waals surface area contributed by atoms with Crippen molar-refractivity contribution in [3.05, 3.63) is 71.8 Å². The molecular weight excluding hydrogens is 497 g/mol. The van der Waals surface area contributed by atoms with Crippen LogP contribution in [0.25, 0.3) is 20.7 Å². The largest absolute Gasteiger partial charge is 0.488 e. The van der Waals surface area contributed by atoms with Crippen molar-refractivity contribution in [2.45, 2.75) is 45.3 Å².